The number of Topliss-reactive ketones (excluding diaryl/α,β-unsaturated/α-hetero) is 1. The number of nitrogens with zero attached hydrogens (tertiary/aromatic N) is 7. The van der Waals surface area contributed by atoms with E-state index in [2.05, 4.69) is 35.7 Å². The Balaban J connectivity index is 0.834. The number of rotatable bonds is 9. The van der Waals surface area contributed by atoms with Crippen LogP contribution in [0.3, 0.4) is 0 Å². The predicted molar refractivity (Wildman–Crippen MR) is 214 cm³/mol. The van der Waals surface area contributed by atoms with Gasteiger partial charge in [0.05, 0.1) is 17.4 Å². The first-order valence-corrected chi connectivity index (χ1v) is 19.8. The van der Waals surface area contributed by atoms with Crippen LogP contribution in [0.1, 0.15) is 80.3 Å². The van der Waals surface area contributed by atoms with Crippen molar-refractivity contribution in [1.29, 1.82) is 0 Å². The second kappa shape index (κ2) is 15.7. The lowest BCUT2D eigenvalue weighted by atomic mass is 9.94. The summed E-state index contributed by atoms with van der Waals surface area (Å²) in [6.45, 7) is 7.55. The van der Waals surface area contributed by atoms with Crippen LogP contribution in [0.5, 0.6) is 0 Å². The Hall–Kier alpha value is -5.86. The lowest BCUT2D eigenvalue weighted by Gasteiger charge is -2.39. The first kappa shape index (κ1) is 37.1. The summed E-state index contributed by atoms with van der Waals surface area (Å²) in [6.07, 6.45) is 9.72. The van der Waals surface area contributed by atoms with E-state index in [9.17, 15) is 24.0 Å². The minimum Gasteiger partial charge on any atom is -0.374 e. The number of amides is 3. The fraction of sp³-hybridized carbons (Fsp3) is 0.463. The van der Waals surface area contributed by atoms with Gasteiger partial charge in [-0.25, -0.2) is 9.97 Å². The molecule has 4 aromatic rings. The average molecular weight is 761 g/mol. The van der Waals surface area contributed by atoms with Gasteiger partial charge in [0.15, 0.2) is 5.78 Å². The number of benzene rings is 1. The van der Waals surface area contributed by atoms with Crippen LogP contribution in [0.2, 0.25) is 0 Å². The average Bonchev–Trinajstić information content (AvgIpc) is 3.74. The van der Waals surface area contributed by atoms with E-state index in [1.807, 2.05) is 47.5 Å². The summed E-state index contributed by atoms with van der Waals surface area (Å²) in [6, 6.07) is 11.4. The maximum atomic E-state index is 13.6. The largest absolute Gasteiger partial charge is 0.374 e. The van der Waals surface area contributed by atoms with Crippen molar-refractivity contribution in [2.75, 3.05) is 59.7 Å². The van der Waals surface area contributed by atoms with Crippen molar-refractivity contribution >= 4 is 63.4 Å². The molecule has 292 valence electrons. The number of carbonyl (C=O) groups excluding carboxylic acids is 4. The van der Waals surface area contributed by atoms with E-state index >= 15 is 0 Å². The zero-order valence-electron chi connectivity index (χ0n) is 31.9. The normalized spacial score (nSPS) is 19.7. The topological polar surface area (TPSA) is 175 Å². The molecule has 56 heavy (non-hydrogen) atoms. The third kappa shape index (κ3) is 7.54. The molecule has 15 nitrogen and oxygen atoms in total. The molecule has 3 amide bonds. The highest BCUT2D eigenvalue weighted by molar-refractivity contribution is 6.01. The van der Waals surface area contributed by atoms with Gasteiger partial charge in [-0.1, -0.05) is 12.8 Å². The van der Waals surface area contributed by atoms with Gasteiger partial charge in [-0.3, -0.25) is 33.9 Å². The number of aromatic nitrogens is 4. The van der Waals surface area contributed by atoms with Crippen LogP contribution in [0.15, 0.2) is 53.6 Å². The van der Waals surface area contributed by atoms with Crippen molar-refractivity contribution < 1.29 is 19.2 Å². The van der Waals surface area contributed by atoms with Crippen LogP contribution in [-0.4, -0.2) is 93.2 Å². The molecule has 4 fully saturated rings. The fourth-order valence-electron chi connectivity index (χ4n) is 8.70. The summed E-state index contributed by atoms with van der Waals surface area (Å²) in [4.78, 5) is 83.6. The van der Waals surface area contributed by atoms with Crippen molar-refractivity contribution in [3.8, 4) is 0 Å². The van der Waals surface area contributed by atoms with E-state index in [1.165, 1.54) is 6.92 Å². The lowest BCUT2D eigenvalue weighted by molar-refractivity contribution is -0.136. The summed E-state index contributed by atoms with van der Waals surface area (Å²) < 4.78 is 1.70. The van der Waals surface area contributed by atoms with Crippen molar-refractivity contribution in [3.05, 3.63) is 70.3 Å². The number of piperazine rings is 1. The molecule has 1 atom stereocenters. The molecular formula is C41H48N10O5. The van der Waals surface area contributed by atoms with E-state index in [1.54, 1.807) is 17.7 Å². The molecule has 1 aromatic carbocycles. The van der Waals surface area contributed by atoms with Gasteiger partial charge >= 0.3 is 0 Å². The highest BCUT2D eigenvalue weighted by Crippen LogP contribution is 2.32. The Bertz CT molecular complexity index is 2200. The van der Waals surface area contributed by atoms with E-state index in [0.717, 1.165) is 68.7 Å². The van der Waals surface area contributed by atoms with Crippen molar-refractivity contribution in [2.45, 2.75) is 77.3 Å². The van der Waals surface area contributed by atoms with E-state index in [4.69, 9.17) is 4.98 Å². The van der Waals surface area contributed by atoms with E-state index < -0.39 is 6.04 Å². The Morgan fingerprint density at radius 3 is 2.16 bits per heavy atom. The number of hydrogen-bond donors (Lipinski definition) is 3. The van der Waals surface area contributed by atoms with Crippen LogP contribution in [0.25, 0.3) is 11.0 Å². The second-order valence-electron chi connectivity index (χ2n) is 15.4. The summed E-state index contributed by atoms with van der Waals surface area (Å²) in [5.41, 5.74) is 3.95. The molecule has 15 heteroatoms. The van der Waals surface area contributed by atoms with Gasteiger partial charge in [-0.15, -0.1) is 0 Å². The summed E-state index contributed by atoms with van der Waals surface area (Å²) >= 11 is 0. The molecule has 6 heterocycles. The van der Waals surface area contributed by atoms with Gasteiger partial charge in [-0.05, 0) is 87.9 Å². The molecule has 0 spiro atoms. The smallest absolute Gasteiger partial charge is 0.263 e. The zero-order chi connectivity index (χ0) is 38.9. The second-order valence-corrected chi connectivity index (χ2v) is 15.4. The van der Waals surface area contributed by atoms with Gasteiger partial charge in [0.25, 0.3) is 5.56 Å². The SMILES string of the molecule is CC(=O)c1c(C)c2cnc(Nc3ccc(N4CCN(C(=O)C5CCN(c6ccc(NC7CCC(=O)NC7=O)cc6)CC5)CC4)cn3)nc2n(C2CCCC2)c1=O. The maximum Gasteiger partial charge on any atom is 0.263 e. The van der Waals surface area contributed by atoms with Gasteiger partial charge in [0.2, 0.25) is 23.7 Å². The molecule has 0 radical (unpaired) electrons. The highest BCUT2D eigenvalue weighted by Gasteiger charge is 2.32. The molecule has 1 saturated carbocycles. The third-order valence-corrected chi connectivity index (χ3v) is 11.9. The molecular weight excluding hydrogens is 713 g/mol. The molecule has 3 N–H and O–H groups in total. The van der Waals surface area contributed by atoms with Crippen molar-refractivity contribution in [1.82, 2.24) is 29.7 Å². The Kier molecular flexibility index (Phi) is 10.4. The Morgan fingerprint density at radius 1 is 0.804 bits per heavy atom. The van der Waals surface area contributed by atoms with Crippen LogP contribution in [-0.2, 0) is 14.4 Å². The number of ketones is 1. The van der Waals surface area contributed by atoms with Crippen LogP contribution in [0, 0.1) is 12.8 Å². The molecule has 0 bridgehead atoms. The number of nitrogens with one attached hydrogen (secondary N) is 3. The van der Waals surface area contributed by atoms with Crippen molar-refractivity contribution in [3.63, 3.8) is 0 Å². The molecule has 1 aliphatic carbocycles. The standard InChI is InChI=1S/C41H48N10O5/c1-25-32-24-43-41(47-37(32)51(30-5-3-4-6-30)40(56)36(25)26(2)52)45-34-13-11-31(23-42-34)49-19-21-50(22-20-49)39(55)27-15-17-48(18-16-27)29-9-7-28(8-10-29)44-33-12-14-35(53)46-38(33)54/h7-11,13,23-24,27,30,33,44H,3-6,12,14-22H2,1-2H3,(H,46,53,54)(H,42,43,45,47). The van der Waals surface area contributed by atoms with Crippen LogP contribution < -0.4 is 31.3 Å². The van der Waals surface area contributed by atoms with Crippen molar-refractivity contribution in [2.24, 2.45) is 5.92 Å². The number of imide groups is 1. The Labute approximate surface area is 324 Å². The molecule has 4 aliphatic rings. The minimum atomic E-state index is -0.417. The predicted octanol–water partition coefficient (Wildman–Crippen LogP) is 4.34. The number of piperidine rings is 2. The number of pyridine rings is 2. The number of carbonyl (C=O) groups is 4. The molecule has 8 rings (SSSR count). The van der Waals surface area contributed by atoms with Gasteiger partial charge in [0.1, 0.15) is 17.5 Å². The van der Waals surface area contributed by atoms with Gasteiger partial charge in [0, 0.05) is 80.6 Å². The van der Waals surface area contributed by atoms with Crippen LogP contribution in [0.4, 0.5) is 28.8 Å². The van der Waals surface area contributed by atoms with Gasteiger partial charge in [-0.2, -0.15) is 4.98 Å². The first-order chi connectivity index (χ1) is 27.1. The lowest BCUT2D eigenvalue weighted by Crippen LogP contribution is -2.51. The Morgan fingerprint density at radius 2 is 1.50 bits per heavy atom. The van der Waals surface area contributed by atoms with Crippen LogP contribution >= 0.6 is 0 Å². The number of fused-ring (bicyclic) bond motifs is 1. The molecule has 3 saturated heterocycles. The minimum absolute atomic E-state index is 0.00174. The monoisotopic (exact) mass is 760 g/mol. The summed E-state index contributed by atoms with van der Waals surface area (Å²) in [7, 11) is 0. The number of anilines is 5. The third-order valence-electron chi connectivity index (χ3n) is 11.9. The zero-order valence-corrected chi connectivity index (χ0v) is 31.9. The first-order valence-electron chi connectivity index (χ1n) is 19.8. The summed E-state index contributed by atoms with van der Waals surface area (Å²) in [5, 5.41) is 9.50. The van der Waals surface area contributed by atoms with E-state index in [0.29, 0.717) is 67.4 Å². The number of hydrogen-bond acceptors (Lipinski definition) is 12. The molecule has 1 unspecified atom stereocenters. The number of aryl methyl sites for hydroxylation is 1. The molecule has 3 aromatic heterocycles. The van der Waals surface area contributed by atoms with Gasteiger partial charge < -0.3 is 25.3 Å². The quantitative estimate of drug-likeness (QED) is 0.163. The summed E-state index contributed by atoms with van der Waals surface area (Å²) in [5.74, 6) is 0.364. The fourth-order valence-corrected chi connectivity index (χ4v) is 8.70. The maximum absolute atomic E-state index is 13.6. The highest BCUT2D eigenvalue weighted by atomic mass is 16.2. The molecule has 3 aliphatic heterocycles. The van der Waals surface area contributed by atoms with E-state index in [-0.39, 0.29) is 46.6 Å².